The summed E-state index contributed by atoms with van der Waals surface area (Å²) >= 11 is 5.36. The number of benzene rings is 1. The third kappa shape index (κ3) is 3.85. The van der Waals surface area contributed by atoms with Crippen molar-refractivity contribution in [1.29, 1.82) is 0 Å². The van der Waals surface area contributed by atoms with Gasteiger partial charge in [0.2, 0.25) is 0 Å². The van der Waals surface area contributed by atoms with E-state index in [-0.39, 0.29) is 24.3 Å². The van der Waals surface area contributed by atoms with Crippen LogP contribution in [0.1, 0.15) is 30.0 Å². The molecule has 1 fully saturated rings. The van der Waals surface area contributed by atoms with Crippen molar-refractivity contribution in [3.8, 4) is 0 Å². The number of hydrogen-bond donors (Lipinski definition) is 1. The van der Waals surface area contributed by atoms with Crippen LogP contribution >= 0.6 is 12.2 Å². The third-order valence-corrected chi connectivity index (χ3v) is 4.98. The molecule has 0 bridgehead atoms. The lowest BCUT2D eigenvalue weighted by Crippen LogP contribution is -2.33. The zero-order valence-corrected chi connectivity index (χ0v) is 16.7. The van der Waals surface area contributed by atoms with Gasteiger partial charge in [0.05, 0.1) is 23.4 Å². The molecule has 1 aliphatic rings. The van der Waals surface area contributed by atoms with Crippen LogP contribution in [0.15, 0.2) is 64.8 Å². The molecular formula is C20H17N5O4S. The number of thiocarbonyl (C=S) groups is 1. The average molecular weight is 423 g/mol. The fraction of sp³-hybridized carbons (Fsp3) is 0.150. The van der Waals surface area contributed by atoms with E-state index in [1.54, 1.807) is 18.2 Å². The third-order valence-electron chi connectivity index (χ3n) is 4.68. The van der Waals surface area contributed by atoms with Crippen LogP contribution in [0, 0.1) is 10.1 Å². The summed E-state index contributed by atoms with van der Waals surface area (Å²) in [5.74, 6) is 0.532. The van der Waals surface area contributed by atoms with Crippen molar-refractivity contribution in [3.05, 3.63) is 87.6 Å². The summed E-state index contributed by atoms with van der Waals surface area (Å²) in [6.45, 7) is 2.15. The summed E-state index contributed by atoms with van der Waals surface area (Å²) in [5.41, 5.74) is 1.29. The Hall–Kier alpha value is -3.79. The minimum absolute atomic E-state index is 0.215. The predicted molar refractivity (Wildman–Crippen MR) is 112 cm³/mol. The van der Waals surface area contributed by atoms with E-state index >= 15 is 0 Å². The number of hydrogen-bond acceptors (Lipinski definition) is 6. The van der Waals surface area contributed by atoms with Crippen molar-refractivity contribution >= 4 is 35.1 Å². The van der Waals surface area contributed by atoms with Crippen LogP contribution in [-0.4, -0.2) is 30.6 Å². The Balaban J connectivity index is 1.49. The van der Waals surface area contributed by atoms with Crippen LogP contribution in [0.5, 0.6) is 0 Å². The van der Waals surface area contributed by atoms with Crippen LogP contribution in [-0.2, 0) is 11.3 Å². The van der Waals surface area contributed by atoms with E-state index in [0.717, 1.165) is 5.56 Å². The Morgan fingerprint density at radius 2 is 2.03 bits per heavy atom. The smallest absolute Gasteiger partial charge is 0.389 e. The van der Waals surface area contributed by atoms with Gasteiger partial charge in [-0.1, -0.05) is 30.3 Å². The molecule has 30 heavy (non-hydrogen) atoms. The van der Waals surface area contributed by atoms with E-state index in [1.807, 2.05) is 37.3 Å². The Morgan fingerprint density at radius 3 is 2.73 bits per heavy atom. The highest BCUT2D eigenvalue weighted by atomic mass is 32.1. The summed E-state index contributed by atoms with van der Waals surface area (Å²) in [4.78, 5) is 24.6. The predicted octanol–water partition coefficient (Wildman–Crippen LogP) is 3.25. The second kappa shape index (κ2) is 7.91. The number of carbonyl (C=O) groups excluding carboxylic acids is 1. The molecule has 9 nitrogen and oxygen atoms in total. The van der Waals surface area contributed by atoms with Crippen molar-refractivity contribution in [2.24, 2.45) is 0 Å². The highest BCUT2D eigenvalue weighted by molar-refractivity contribution is 7.80. The van der Waals surface area contributed by atoms with E-state index in [4.69, 9.17) is 16.6 Å². The molecule has 3 heterocycles. The Morgan fingerprint density at radius 1 is 1.27 bits per heavy atom. The molecule has 1 amide bonds. The minimum atomic E-state index is -0.559. The minimum Gasteiger partial charge on any atom is -0.460 e. The van der Waals surface area contributed by atoms with Crippen molar-refractivity contribution in [2.75, 3.05) is 0 Å². The molecule has 1 aliphatic heterocycles. The summed E-state index contributed by atoms with van der Waals surface area (Å²) in [6, 6.07) is 14.2. The second-order valence-electron chi connectivity index (χ2n) is 6.68. The van der Waals surface area contributed by atoms with E-state index in [2.05, 4.69) is 10.4 Å². The Kier molecular flexibility index (Phi) is 5.15. The molecule has 1 aromatic carbocycles. The first-order valence-corrected chi connectivity index (χ1v) is 9.51. The summed E-state index contributed by atoms with van der Waals surface area (Å²) < 4.78 is 7.13. The van der Waals surface area contributed by atoms with Gasteiger partial charge in [-0.25, -0.2) is 0 Å². The van der Waals surface area contributed by atoms with E-state index < -0.39 is 4.92 Å². The van der Waals surface area contributed by atoms with Crippen LogP contribution in [0.25, 0.3) is 6.08 Å². The fourth-order valence-electron chi connectivity index (χ4n) is 3.18. The van der Waals surface area contributed by atoms with Gasteiger partial charge < -0.3 is 19.8 Å². The van der Waals surface area contributed by atoms with Gasteiger partial charge in [-0.05, 0) is 41.8 Å². The molecule has 1 saturated heterocycles. The van der Waals surface area contributed by atoms with Crippen LogP contribution in [0.4, 0.5) is 5.82 Å². The van der Waals surface area contributed by atoms with Gasteiger partial charge in [0.15, 0.2) is 5.11 Å². The molecule has 0 radical (unpaired) electrons. The fourth-order valence-corrected chi connectivity index (χ4v) is 3.53. The molecule has 152 valence electrons. The highest BCUT2D eigenvalue weighted by Gasteiger charge is 2.35. The van der Waals surface area contributed by atoms with Crippen molar-refractivity contribution in [3.63, 3.8) is 0 Å². The monoisotopic (exact) mass is 423 g/mol. The lowest BCUT2D eigenvalue weighted by atomic mass is 10.1. The van der Waals surface area contributed by atoms with E-state index in [0.29, 0.717) is 22.3 Å². The number of carbonyl (C=O) groups is 1. The first kappa shape index (κ1) is 19.5. The maximum Gasteiger partial charge on any atom is 0.389 e. The Bertz CT molecular complexity index is 1150. The quantitative estimate of drug-likeness (QED) is 0.281. The van der Waals surface area contributed by atoms with Crippen LogP contribution in [0.2, 0.25) is 0 Å². The summed E-state index contributed by atoms with van der Waals surface area (Å²) in [5, 5.41) is 17.9. The molecule has 1 unspecified atom stereocenters. The number of aromatic nitrogens is 2. The molecule has 4 rings (SSSR count). The van der Waals surface area contributed by atoms with Crippen molar-refractivity contribution < 1.29 is 14.1 Å². The van der Waals surface area contributed by atoms with Gasteiger partial charge in [0, 0.05) is 6.08 Å². The molecule has 1 N–H and O–H groups in total. The van der Waals surface area contributed by atoms with Gasteiger partial charge in [-0.3, -0.25) is 9.69 Å². The lowest BCUT2D eigenvalue weighted by Gasteiger charge is -2.23. The van der Waals surface area contributed by atoms with Gasteiger partial charge in [-0.15, -0.1) is 0 Å². The number of nitrogens with zero attached hydrogens (tertiary/aromatic N) is 4. The molecule has 0 spiro atoms. The number of rotatable bonds is 6. The summed E-state index contributed by atoms with van der Waals surface area (Å²) in [7, 11) is 0. The SMILES string of the molecule is CC(c1ccccc1)N1C(=O)/C(=C/c2ccc(Cn3ccc([N+](=O)[O-])n3)o2)NC1=S. The van der Waals surface area contributed by atoms with Gasteiger partial charge in [0.25, 0.3) is 5.91 Å². The summed E-state index contributed by atoms with van der Waals surface area (Å²) in [6.07, 6.45) is 3.09. The van der Waals surface area contributed by atoms with Crippen molar-refractivity contribution in [2.45, 2.75) is 19.5 Å². The number of furan rings is 1. The van der Waals surface area contributed by atoms with Crippen LogP contribution in [0.3, 0.4) is 0 Å². The number of amides is 1. The molecule has 0 saturated carbocycles. The van der Waals surface area contributed by atoms with Gasteiger partial charge in [0.1, 0.15) is 23.8 Å². The maximum atomic E-state index is 12.9. The molecule has 1 atom stereocenters. The topological polar surface area (TPSA) is 106 Å². The van der Waals surface area contributed by atoms with Gasteiger partial charge >= 0.3 is 5.82 Å². The molecule has 0 aliphatic carbocycles. The maximum absolute atomic E-state index is 12.9. The zero-order chi connectivity index (χ0) is 21.3. The number of nitro groups is 1. The molecule has 2 aromatic heterocycles. The first-order valence-electron chi connectivity index (χ1n) is 9.10. The first-order chi connectivity index (χ1) is 14.4. The van der Waals surface area contributed by atoms with Gasteiger partial charge in [-0.2, -0.15) is 4.68 Å². The van der Waals surface area contributed by atoms with Crippen molar-refractivity contribution in [1.82, 2.24) is 20.0 Å². The Labute approximate surface area is 176 Å². The highest BCUT2D eigenvalue weighted by Crippen LogP contribution is 2.26. The van der Waals surface area contributed by atoms with Crippen LogP contribution < -0.4 is 5.32 Å². The standard InChI is InChI=1S/C20H17N5O4S/c1-13(14-5-3-2-4-6-14)24-19(26)17(21-20(24)30)11-15-7-8-16(29-15)12-23-10-9-18(22-23)25(27)28/h2-11,13H,12H2,1H3,(H,21,30)/b17-11-. The van der Waals surface area contributed by atoms with E-state index in [1.165, 1.54) is 21.8 Å². The lowest BCUT2D eigenvalue weighted by molar-refractivity contribution is -0.389. The van der Waals surface area contributed by atoms with E-state index in [9.17, 15) is 14.9 Å². The molecule has 3 aromatic rings. The second-order valence-corrected chi connectivity index (χ2v) is 7.07. The largest absolute Gasteiger partial charge is 0.460 e. The average Bonchev–Trinajstić information content (AvgIpc) is 3.43. The normalized spacial score (nSPS) is 16.2. The zero-order valence-electron chi connectivity index (χ0n) is 15.9. The molecular weight excluding hydrogens is 406 g/mol. The molecule has 10 heteroatoms. The number of nitrogens with one attached hydrogen (secondary N) is 1.